The monoisotopic (exact) mass is 315 g/mol. The van der Waals surface area contributed by atoms with E-state index in [1.807, 2.05) is 45.9 Å². The van der Waals surface area contributed by atoms with E-state index in [1.165, 1.54) is 0 Å². The van der Waals surface area contributed by atoms with Crippen LogP contribution in [0.5, 0.6) is 11.5 Å². The average molecular weight is 315 g/mol. The Morgan fingerprint density at radius 2 is 1.52 bits per heavy atom. The van der Waals surface area contributed by atoms with E-state index in [0.29, 0.717) is 11.5 Å². The molecule has 1 saturated heterocycles. The Morgan fingerprint density at radius 1 is 0.957 bits per heavy atom. The summed E-state index contributed by atoms with van der Waals surface area (Å²) in [7, 11) is 2.79. The molecule has 0 N–H and O–H groups in total. The predicted molar refractivity (Wildman–Crippen MR) is 90.6 cm³/mol. The van der Waals surface area contributed by atoms with Crippen LogP contribution < -0.4 is 14.9 Å². The third kappa shape index (κ3) is 2.56. The summed E-state index contributed by atoms with van der Waals surface area (Å²) < 4.78 is 23.1. The molecule has 0 unspecified atom stereocenters. The van der Waals surface area contributed by atoms with Gasteiger partial charge in [-0.15, -0.1) is 0 Å². The van der Waals surface area contributed by atoms with Gasteiger partial charge < -0.3 is 18.8 Å². The fourth-order valence-electron chi connectivity index (χ4n) is 2.67. The highest BCUT2D eigenvalue weighted by Gasteiger charge is 2.52. The van der Waals surface area contributed by atoms with E-state index in [-0.39, 0.29) is 11.2 Å². The van der Waals surface area contributed by atoms with E-state index < -0.39 is 7.12 Å². The van der Waals surface area contributed by atoms with Crippen molar-refractivity contribution in [3.63, 3.8) is 0 Å². The summed E-state index contributed by atoms with van der Waals surface area (Å²) in [6.07, 6.45) is 1.76. The Bertz CT molecular complexity index is 729. The van der Waals surface area contributed by atoms with E-state index in [2.05, 4.69) is 4.98 Å². The first-order valence-corrected chi connectivity index (χ1v) is 7.65. The first kappa shape index (κ1) is 16.1. The molecule has 1 aliphatic heterocycles. The number of benzene rings is 1. The highest BCUT2D eigenvalue weighted by Crippen LogP contribution is 2.37. The third-order valence-corrected chi connectivity index (χ3v) is 4.79. The van der Waals surface area contributed by atoms with Crippen molar-refractivity contribution in [3.8, 4) is 11.5 Å². The zero-order chi connectivity index (χ0) is 16.8. The van der Waals surface area contributed by atoms with Gasteiger partial charge in [0.2, 0.25) is 0 Å². The molecule has 1 aromatic carbocycles. The second kappa shape index (κ2) is 5.39. The van der Waals surface area contributed by atoms with Crippen LogP contribution in [0.2, 0.25) is 0 Å². The Hall–Kier alpha value is -1.79. The van der Waals surface area contributed by atoms with Crippen molar-refractivity contribution in [3.05, 3.63) is 24.4 Å². The number of hydrogen-bond donors (Lipinski definition) is 0. The van der Waals surface area contributed by atoms with Crippen LogP contribution in [-0.4, -0.2) is 37.5 Å². The molecule has 0 spiro atoms. The molecule has 1 aliphatic rings. The van der Waals surface area contributed by atoms with Gasteiger partial charge >= 0.3 is 7.12 Å². The summed E-state index contributed by atoms with van der Waals surface area (Å²) in [6.45, 7) is 8.17. The van der Waals surface area contributed by atoms with Gasteiger partial charge in [0.25, 0.3) is 0 Å². The molecule has 1 fully saturated rings. The van der Waals surface area contributed by atoms with Crippen LogP contribution in [0.3, 0.4) is 0 Å². The number of ether oxygens (including phenoxy) is 2. The van der Waals surface area contributed by atoms with E-state index in [0.717, 1.165) is 16.4 Å². The Kier molecular flexibility index (Phi) is 3.77. The third-order valence-electron chi connectivity index (χ3n) is 4.79. The highest BCUT2D eigenvalue weighted by molar-refractivity contribution is 6.65. The molecule has 5 nitrogen and oxygen atoms in total. The molecule has 6 heteroatoms. The molecule has 1 aromatic heterocycles. The van der Waals surface area contributed by atoms with Crippen LogP contribution in [0.4, 0.5) is 0 Å². The molecule has 0 amide bonds. The van der Waals surface area contributed by atoms with Gasteiger partial charge in [0.15, 0.2) is 11.5 Å². The van der Waals surface area contributed by atoms with Gasteiger partial charge in [-0.25, -0.2) is 0 Å². The van der Waals surface area contributed by atoms with Crippen LogP contribution in [0.1, 0.15) is 27.7 Å². The van der Waals surface area contributed by atoms with Crippen LogP contribution in [0.25, 0.3) is 10.9 Å². The quantitative estimate of drug-likeness (QED) is 0.815. The zero-order valence-corrected chi connectivity index (χ0v) is 14.5. The van der Waals surface area contributed by atoms with Crippen molar-refractivity contribution in [2.45, 2.75) is 38.9 Å². The number of rotatable bonds is 3. The molecule has 0 radical (unpaired) electrons. The number of aromatic nitrogens is 1. The summed E-state index contributed by atoms with van der Waals surface area (Å²) >= 11 is 0. The second-order valence-electron chi connectivity index (χ2n) is 6.71. The van der Waals surface area contributed by atoms with E-state index in [4.69, 9.17) is 18.8 Å². The molecule has 0 atom stereocenters. The smallest absolute Gasteiger partial charge is 0.493 e. The molecule has 0 aliphatic carbocycles. The van der Waals surface area contributed by atoms with Gasteiger partial charge in [-0.2, -0.15) is 0 Å². The number of nitrogens with zero attached hydrogens (tertiary/aromatic N) is 1. The van der Waals surface area contributed by atoms with Crippen LogP contribution in [-0.2, 0) is 9.31 Å². The van der Waals surface area contributed by atoms with Crippen molar-refractivity contribution in [2.75, 3.05) is 14.2 Å². The molecule has 2 aromatic rings. The lowest BCUT2D eigenvalue weighted by Gasteiger charge is -2.32. The average Bonchev–Trinajstić information content (AvgIpc) is 2.73. The Labute approximate surface area is 137 Å². The van der Waals surface area contributed by atoms with Crippen molar-refractivity contribution in [1.82, 2.24) is 4.98 Å². The first-order valence-electron chi connectivity index (χ1n) is 7.65. The minimum atomic E-state index is -0.441. The highest BCUT2D eigenvalue weighted by atomic mass is 16.7. The van der Waals surface area contributed by atoms with Crippen molar-refractivity contribution in [2.24, 2.45) is 0 Å². The number of hydrogen-bond acceptors (Lipinski definition) is 5. The minimum absolute atomic E-state index is 0.385. The fourth-order valence-corrected chi connectivity index (χ4v) is 2.67. The maximum atomic E-state index is 6.17. The summed E-state index contributed by atoms with van der Waals surface area (Å²) in [5.74, 6) is 1.31. The van der Waals surface area contributed by atoms with E-state index in [1.54, 1.807) is 20.4 Å². The Morgan fingerprint density at radius 3 is 2.09 bits per heavy atom. The lowest BCUT2D eigenvalue weighted by molar-refractivity contribution is 0.00578. The number of fused-ring (bicyclic) bond motifs is 1. The standard InChI is InChI=1S/C17H22BNO4/c1-16(2)17(3,4)23-18(22-16)12-7-8-19-13-10-15(21-6)14(20-5)9-11(12)13/h7-10H,1-6H3. The van der Waals surface area contributed by atoms with E-state index in [9.17, 15) is 0 Å². The fraction of sp³-hybridized carbons (Fsp3) is 0.471. The van der Waals surface area contributed by atoms with Gasteiger partial charge in [-0.05, 0) is 45.3 Å². The van der Waals surface area contributed by atoms with Gasteiger partial charge in [0.05, 0.1) is 30.9 Å². The van der Waals surface area contributed by atoms with Crippen LogP contribution in [0.15, 0.2) is 24.4 Å². The molecule has 122 valence electrons. The maximum Gasteiger partial charge on any atom is 0.495 e. The number of pyridine rings is 1. The zero-order valence-electron chi connectivity index (χ0n) is 14.5. The van der Waals surface area contributed by atoms with Crippen LogP contribution in [0, 0.1) is 0 Å². The minimum Gasteiger partial charge on any atom is -0.493 e. The van der Waals surface area contributed by atoms with Crippen molar-refractivity contribution >= 4 is 23.5 Å². The molecule has 0 bridgehead atoms. The molecule has 3 rings (SSSR count). The first-order chi connectivity index (χ1) is 10.8. The normalized spacial score (nSPS) is 19.1. The summed E-state index contributed by atoms with van der Waals surface area (Å²) in [5, 5.41) is 0.934. The SMILES string of the molecule is COc1cc2nccc(B3OC(C)(C)C(C)(C)O3)c2cc1OC. The summed E-state index contributed by atoms with van der Waals surface area (Å²) in [6, 6.07) is 5.71. The molecule has 23 heavy (non-hydrogen) atoms. The topological polar surface area (TPSA) is 49.8 Å². The molecular formula is C17H22BNO4. The largest absolute Gasteiger partial charge is 0.495 e. The van der Waals surface area contributed by atoms with Crippen LogP contribution >= 0.6 is 0 Å². The number of methoxy groups -OCH3 is 2. The van der Waals surface area contributed by atoms with Gasteiger partial charge in [0.1, 0.15) is 0 Å². The van der Waals surface area contributed by atoms with Gasteiger partial charge in [-0.1, -0.05) is 0 Å². The molecule has 0 saturated carbocycles. The lowest BCUT2D eigenvalue weighted by atomic mass is 9.77. The van der Waals surface area contributed by atoms with E-state index >= 15 is 0 Å². The molecular weight excluding hydrogens is 293 g/mol. The maximum absolute atomic E-state index is 6.17. The van der Waals surface area contributed by atoms with Crippen molar-refractivity contribution in [1.29, 1.82) is 0 Å². The lowest BCUT2D eigenvalue weighted by Crippen LogP contribution is -2.41. The molecule has 2 heterocycles. The van der Waals surface area contributed by atoms with Gasteiger partial charge in [0, 0.05) is 17.6 Å². The van der Waals surface area contributed by atoms with Crippen molar-refractivity contribution < 1.29 is 18.8 Å². The van der Waals surface area contributed by atoms with Gasteiger partial charge in [-0.3, -0.25) is 4.98 Å². The second-order valence-corrected chi connectivity index (χ2v) is 6.71. The Balaban J connectivity index is 2.12. The summed E-state index contributed by atoms with van der Waals surface area (Å²) in [5.41, 5.74) is 0.984. The predicted octanol–water partition coefficient (Wildman–Crippen LogP) is 2.55. The summed E-state index contributed by atoms with van der Waals surface area (Å²) in [4.78, 5) is 4.42.